The summed E-state index contributed by atoms with van der Waals surface area (Å²) in [5.74, 6) is 0. The number of rotatable bonds is 5. The van der Waals surface area contributed by atoms with Gasteiger partial charge in [0.05, 0.1) is 0 Å². The fourth-order valence-electron chi connectivity index (χ4n) is 1.79. The van der Waals surface area contributed by atoms with Gasteiger partial charge in [0, 0.05) is 26.4 Å². The molecule has 78 valence electrons. The molecule has 1 rings (SSSR count). The molecule has 0 atom stereocenters. The van der Waals surface area contributed by atoms with Crippen LogP contribution in [0.2, 0.25) is 0 Å². The minimum absolute atomic E-state index is 0.299. The van der Waals surface area contributed by atoms with E-state index in [1.807, 2.05) is 6.92 Å². The SMILES string of the molecule is CCOCCC1(CN)CCOCC1. The molecule has 0 aromatic rings. The number of ether oxygens (including phenoxy) is 2. The summed E-state index contributed by atoms with van der Waals surface area (Å²) in [7, 11) is 0. The summed E-state index contributed by atoms with van der Waals surface area (Å²) < 4.78 is 10.7. The van der Waals surface area contributed by atoms with Crippen LogP contribution in [0.4, 0.5) is 0 Å². The Morgan fingerprint density at radius 3 is 2.62 bits per heavy atom. The lowest BCUT2D eigenvalue weighted by Crippen LogP contribution is -2.37. The third-order valence-corrected chi connectivity index (χ3v) is 2.97. The van der Waals surface area contributed by atoms with Crippen LogP contribution in [0.1, 0.15) is 26.2 Å². The Morgan fingerprint density at radius 2 is 2.08 bits per heavy atom. The standard InChI is InChI=1S/C10H21NO2/c1-2-12-6-3-10(9-11)4-7-13-8-5-10/h2-9,11H2,1H3. The van der Waals surface area contributed by atoms with E-state index in [1.54, 1.807) is 0 Å². The molecule has 3 heteroatoms. The van der Waals surface area contributed by atoms with E-state index >= 15 is 0 Å². The number of nitrogens with two attached hydrogens (primary N) is 1. The zero-order valence-corrected chi connectivity index (χ0v) is 8.55. The first-order valence-corrected chi connectivity index (χ1v) is 5.18. The maximum atomic E-state index is 5.81. The molecule has 0 saturated carbocycles. The van der Waals surface area contributed by atoms with Crippen molar-refractivity contribution in [2.75, 3.05) is 33.0 Å². The largest absolute Gasteiger partial charge is 0.382 e. The van der Waals surface area contributed by atoms with Gasteiger partial charge in [-0.05, 0) is 38.1 Å². The van der Waals surface area contributed by atoms with Crippen LogP contribution in [0.15, 0.2) is 0 Å². The van der Waals surface area contributed by atoms with Crippen molar-refractivity contribution in [3.05, 3.63) is 0 Å². The molecule has 0 spiro atoms. The van der Waals surface area contributed by atoms with Crippen molar-refractivity contribution in [1.29, 1.82) is 0 Å². The van der Waals surface area contributed by atoms with Crippen LogP contribution in [0, 0.1) is 5.41 Å². The minimum atomic E-state index is 0.299. The first-order chi connectivity index (χ1) is 6.33. The average molecular weight is 187 g/mol. The highest BCUT2D eigenvalue weighted by atomic mass is 16.5. The van der Waals surface area contributed by atoms with Gasteiger partial charge in [-0.15, -0.1) is 0 Å². The van der Waals surface area contributed by atoms with E-state index in [2.05, 4.69) is 0 Å². The summed E-state index contributed by atoms with van der Waals surface area (Å²) in [5, 5.41) is 0. The van der Waals surface area contributed by atoms with E-state index in [4.69, 9.17) is 15.2 Å². The Balaban J connectivity index is 2.29. The molecule has 2 N–H and O–H groups in total. The second-order valence-electron chi connectivity index (χ2n) is 3.76. The Kier molecular flexibility index (Phi) is 4.70. The van der Waals surface area contributed by atoms with Crippen molar-refractivity contribution in [1.82, 2.24) is 0 Å². The minimum Gasteiger partial charge on any atom is -0.382 e. The van der Waals surface area contributed by atoms with Gasteiger partial charge in [0.25, 0.3) is 0 Å². The average Bonchev–Trinajstić information content (AvgIpc) is 2.20. The zero-order valence-electron chi connectivity index (χ0n) is 8.55. The van der Waals surface area contributed by atoms with Crippen LogP contribution >= 0.6 is 0 Å². The summed E-state index contributed by atoms with van der Waals surface area (Å²) in [5.41, 5.74) is 6.11. The van der Waals surface area contributed by atoms with Gasteiger partial charge in [0.2, 0.25) is 0 Å². The lowest BCUT2D eigenvalue weighted by molar-refractivity contribution is -0.000927. The third-order valence-electron chi connectivity index (χ3n) is 2.97. The van der Waals surface area contributed by atoms with Crippen molar-refractivity contribution in [3.8, 4) is 0 Å². The molecular weight excluding hydrogens is 166 g/mol. The summed E-state index contributed by atoms with van der Waals surface area (Å²) in [6, 6.07) is 0. The predicted molar refractivity (Wildman–Crippen MR) is 52.7 cm³/mol. The zero-order chi connectivity index (χ0) is 9.57. The van der Waals surface area contributed by atoms with Gasteiger partial charge in [-0.2, -0.15) is 0 Å². The van der Waals surface area contributed by atoms with E-state index in [0.29, 0.717) is 5.41 Å². The van der Waals surface area contributed by atoms with Gasteiger partial charge in [-0.1, -0.05) is 0 Å². The Hall–Kier alpha value is -0.120. The van der Waals surface area contributed by atoms with Gasteiger partial charge in [-0.3, -0.25) is 0 Å². The van der Waals surface area contributed by atoms with E-state index in [0.717, 1.165) is 52.2 Å². The summed E-state index contributed by atoms with van der Waals surface area (Å²) >= 11 is 0. The molecule has 1 saturated heterocycles. The van der Waals surface area contributed by atoms with Crippen molar-refractivity contribution in [3.63, 3.8) is 0 Å². The maximum absolute atomic E-state index is 5.81. The van der Waals surface area contributed by atoms with Crippen LogP contribution in [0.5, 0.6) is 0 Å². The van der Waals surface area contributed by atoms with Crippen molar-refractivity contribution in [2.24, 2.45) is 11.1 Å². The van der Waals surface area contributed by atoms with E-state index < -0.39 is 0 Å². The smallest absolute Gasteiger partial charge is 0.0471 e. The van der Waals surface area contributed by atoms with Crippen molar-refractivity contribution >= 4 is 0 Å². The van der Waals surface area contributed by atoms with Crippen molar-refractivity contribution < 1.29 is 9.47 Å². The molecule has 1 fully saturated rings. The van der Waals surface area contributed by atoms with E-state index in [-0.39, 0.29) is 0 Å². The highest BCUT2D eigenvalue weighted by Gasteiger charge is 2.30. The van der Waals surface area contributed by atoms with Gasteiger partial charge in [0.15, 0.2) is 0 Å². The van der Waals surface area contributed by atoms with Gasteiger partial charge >= 0.3 is 0 Å². The lowest BCUT2D eigenvalue weighted by Gasteiger charge is -2.36. The molecule has 13 heavy (non-hydrogen) atoms. The van der Waals surface area contributed by atoms with Crippen LogP contribution in [-0.4, -0.2) is 33.0 Å². The molecule has 0 radical (unpaired) electrons. The maximum Gasteiger partial charge on any atom is 0.0471 e. The lowest BCUT2D eigenvalue weighted by atomic mass is 9.78. The van der Waals surface area contributed by atoms with E-state index in [9.17, 15) is 0 Å². The van der Waals surface area contributed by atoms with Crippen LogP contribution in [0.25, 0.3) is 0 Å². The molecule has 1 heterocycles. The first kappa shape index (κ1) is 11.0. The molecule has 1 aliphatic rings. The second-order valence-corrected chi connectivity index (χ2v) is 3.76. The molecule has 1 aliphatic heterocycles. The Labute approximate surface area is 80.6 Å². The number of hydrogen-bond acceptors (Lipinski definition) is 3. The monoisotopic (exact) mass is 187 g/mol. The molecule has 3 nitrogen and oxygen atoms in total. The molecular formula is C10H21NO2. The van der Waals surface area contributed by atoms with Crippen LogP contribution in [0.3, 0.4) is 0 Å². The first-order valence-electron chi connectivity index (χ1n) is 5.18. The Morgan fingerprint density at radius 1 is 1.38 bits per heavy atom. The molecule has 0 unspecified atom stereocenters. The summed E-state index contributed by atoms with van der Waals surface area (Å²) in [6.07, 6.45) is 3.27. The fourth-order valence-corrected chi connectivity index (χ4v) is 1.79. The van der Waals surface area contributed by atoms with E-state index in [1.165, 1.54) is 0 Å². The fraction of sp³-hybridized carbons (Fsp3) is 1.00. The molecule has 0 aromatic heterocycles. The predicted octanol–water partition coefficient (Wildman–Crippen LogP) is 1.17. The topological polar surface area (TPSA) is 44.5 Å². The second kappa shape index (κ2) is 5.58. The van der Waals surface area contributed by atoms with Gasteiger partial charge < -0.3 is 15.2 Å². The van der Waals surface area contributed by atoms with Crippen LogP contribution in [-0.2, 0) is 9.47 Å². The Bertz CT molecular complexity index is 133. The molecule has 0 amide bonds. The molecule has 0 aliphatic carbocycles. The summed E-state index contributed by atoms with van der Waals surface area (Å²) in [6.45, 7) is 6.17. The normalized spacial score (nSPS) is 21.7. The highest BCUT2D eigenvalue weighted by molar-refractivity contribution is 4.82. The third kappa shape index (κ3) is 3.25. The van der Waals surface area contributed by atoms with Gasteiger partial charge in [-0.25, -0.2) is 0 Å². The van der Waals surface area contributed by atoms with Crippen molar-refractivity contribution in [2.45, 2.75) is 26.2 Å². The highest BCUT2D eigenvalue weighted by Crippen LogP contribution is 2.32. The number of hydrogen-bond donors (Lipinski definition) is 1. The molecule has 0 aromatic carbocycles. The molecule has 0 bridgehead atoms. The van der Waals surface area contributed by atoms with Gasteiger partial charge in [0.1, 0.15) is 0 Å². The summed E-state index contributed by atoms with van der Waals surface area (Å²) in [4.78, 5) is 0. The van der Waals surface area contributed by atoms with Crippen LogP contribution < -0.4 is 5.73 Å². The quantitative estimate of drug-likeness (QED) is 0.657.